The molecule has 122 valence electrons. The molecule has 0 radical (unpaired) electrons. The summed E-state index contributed by atoms with van der Waals surface area (Å²) in [5.41, 5.74) is 1.00. The number of methoxy groups -OCH3 is 1. The molecule has 0 saturated heterocycles. The Morgan fingerprint density at radius 1 is 1.23 bits per heavy atom. The first-order valence-corrected chi connectivity index (χ1v) is 8.26. The second kappa shape index (κ2) is 7.64. The van der Waals surface area contributed by atoms with E-state index < -0.39 is 16.1 Å². The second-order valence-electron chi connectivity index (χ2n) is 4.48. The third kappa shape index (κ3) is 5.60. The molecule has 1 aromatic rings. The molecular formula is C13H19N3O5S. The van der Waals surface area contributed by atoms with E-state index in [9.17, 15) is 18.0 Å². The third-order valence-corrected chi connectivity index (χ3v) is 3.84. The Kier molecular flexibility index (Phi) is 6.17. The van der Waals surface area contributed by atoms with Crippen molar-refractivity contribution >= 4 is 33.4 Å². The van der Waals surface area contributed by atoms with Crippen LogP contribution in [0.2, 0.25) is 0 Å². The zero-order valence-electron chi connectivity index (χ0n) is 12.6. The van der Waals surface area contributed by atoms with Crippen molar-refractivity contribution in [2.24, 2.45) is 0 Å². The number of carbonyl (C=O) groups is 2. The number of benzene rings is 1. The second-order valence-corrected chi connectivity index (χ2v) is 6.39. The van der Waals surface area contributed by atoms with Crippen molar-refractivity contribution in [2.45, 2.75) is 6.92 Å². The Morgan fingerprint density at radius 2 is 1.82 bits per heavy atom. The molecule has 0 aromatic heterocycles. The molecule has 0 bridgehead atoms. The van der Waals surface area contributed by atoms with Crippen molar-refractivity contribution < 1.29 is 22.7 Å². The highest BCUT2D eigenvalue weighted by Crippen LogP contribution is 2.20. The Morgan fingerprint density at radius 3 is 2.27 bits per heavy atom. The molecule has 0 spiro atoms. The smallest absolute Gasteiger partial charge is 0.406 e. The molecule has 1 rings (SSSR count). The van der Waals surface area contributed by atoms with E-state index in [2.05, 4.69) is 15.4 Å². The summed E-state index contributed by atoms with van der Waals surface area (Å²) in [4.78, 5) is 21.9. The minimum atomic E-state index is -3.50. The Hall–Kier alpha value is -2.29. The summed E-state index contributed by atoms with van der Waals surface area (Å²) in [6.07, 6.45) is 0.446. The molecule has 0 aliphatic carbocycles. The first kappa shape index (κ1) is 17.8. The summed E-state index contributed by atoms with van der Waals surface area (Å²) in [6, 6.07) is 6.35. The van der Waals surface area contributed by atoms with Crippen LogP contribution < -0.4 is 14.9 Å². The van der Waals surface area contributed by atoms with Crippen LogP contribution in [0, 0.1) is 0 Å². The Bertz CT molecular complexity index is 628. The van der Waals surface area contributed by atoms with Crippen LogP contribution in [0.15, 0.2) is 24.3 Å². The average molecular weight is 329 g/mol. The number of ether oxygens (including phenoxy) is 1. The molecule has 0 aliphatic rings. The van der Waals surface area contributed by atoms with Crippen LogP contribution in [0.3, 0.4) is 0 Å². The summed E-state index contributed by atoms with van der Waals surface area (Å²) in [7, 11) is -2.28. The zero-order chi connectivity index (χ0) is 16.8. The van der Waals surface area contributed by atoms with Gasteiger partial charge in [0.25, 0.3) is 0 Å². The summed E-state index contributed by atoms with van der Waals surface area (Å²) >= 11 is 0. The van der Waals surface area contributed by atoms with Gasteiger partial charge >= 0.3 is 6.09 Å². The summed E-state index contributed by atoms with van der Waals surface area (Å²) in [5, 5.41) is 5.01. The molecule has 0 saturated carbocycles. The standard InChI is InChI=1S/C13H19N3O5S/c1-10(17)15-11-4-6-12(7-5-11)16(22(3,19)20)9-8-14-13(18)21-2/h4-7H,8-9H2,1-3H3,(H,14,18)(H,15,17). The number of nitrogens with one attached hydrogen (secondary N) is 2. The van der Waals surface area contributed by atoms with E-state index in [4.69, 9.17) is 0 Å². The molecule has 0 atom stereocenters. The van der Waals surface area contributed by atoms with Crippen molar-refractivity contribution in [3.63, 3.8) is 0 Å². The Balaban J connectivity index is 2.84. The minimum absolute atomic E-state index is 0.0629. The topological polar surface area (TPSA) is 105 Å². The van der Waals surface area contributed by atoms with Crippen LogP contribution in [-0.2, 0) is 19.6 Å². The van der Waals surface area contributed by atoms with Crippen molar-refractivity contribution in [3.05, 3.63) is 24.3 Å². The molecule has 22 heavy (non-hydrogen) atoms. The molecule has 1 aromatic carbocycles. The lowest BCUT2D eigenvalue weighted by Gasteiger charge is -2.22. The predicted octanol–water partition coefficient (Wildman–Crippen LogP) is 0.767. The third-order valence-electron chi connectivity index (χ3n) is 2.65. The number of anilines is 2. The highest BCUT2D eigenvalue weighted by atomic mass is 32.2. The lowest BCUT2D eigenvalue weighted by atomic mass is 10.2. The molecule has 8 nitrogen and oxygen atoms in total. The Labute approximate surface area is 129 Å². The van der Waals surface area contributed by atoms with Gasteiger partial charge in [0.1, 0.15) is 0 Å². The highest BCUT2D eigenvalue weighted by molar-refractivity contribution is 7.92. The molecular weight excluding hydrogens is 310 g/mol. The first-order valence-electron chi connectivity index (χ1n) is 6.41. The van der Waals surface area contributed by atoms with Gasteiger partial charge < -0.3 is 15.4 Å². The lowest BCUT2D eigenvalue weighted by molar-refractivity contribution is -0.114. The normalized spacial score (nSPS) is 10.7. The summed E-state index contributed by atoms with van der Waals surface area (Å²) < 4.78 is 29.3. The maximum absolute atomic E-state index is 11.9. The van der Waals surface area contributed by atoms with Gasteiger partial charge in [-0.25, -0.2) is 13.2 Å². The molecule has 0 unspecified atom stereocenters. The van der Waals surface area contributed by atoms with Crippen molar-refractivity contribution in [1.82, 2.24) is 5.32 Å². The van der Waals surface area contributed by atoms with Crippen LogP contribution in [0.1, 0.15) is 6.92 Å². The number of amides is 2. The monoisotopic (exact) mass is 329 g/mol. The van der Waals surface area contributed by atoms with Crippen LogP contribution in [0.4, 0.5) is 16.2 Å². The van der Waals surface area contributed by atoms with Gasteiger partial charge in [0, 0.05) is 19.2 Å². The van der Waals surface area contributed by atoms with E-state index in [1.54, 1.807) is 24.3 Å². The highest BCUT2D eigenvalue weighted by Gasteiger charge is 2.17. The fraction of sp³-hybridized carbons (Fsp3) is 0.385. The molecule has 0 aliphatic heterocycles. The van der Waals surface area contributed by atoms with Gasteiger partial charge in [-0.1, -0.05) is 0 Å². The van der Waals surface area contributed by atoms with Gasteiger partial charge in [-0.15, -0.1) is 0 Å². The molecule has 9 heteroatoms. The quantitative estimate of drug-likeness (QED) is 0.802. The average Bonchev–Trinajstić information content (AvgIpc) is 2.42. The number of alkyl carbamates (subject to hydrolysis) is 1. The van der Waals surface area contributed by atoms with Crippen LogP contribution >= 0.6 is 0 Å². The van der Waals surface area contributed by atoms with Gasteiger partial charge in [0.2, 0.25) is 15.9 Å². The van der Waals surface area contributed by atoms with Gasteiger partial charge in [-0.2, -0.15) is 0 Å². The van der Waals surface area contributed by atoms with E-state index in [0.29, 0.717) is 11.4 Å². The number of nitrogens with zero attached hydrogens (tertiary/aromatic N) is 1. The molecule has 0 heterocycles. The van der Waals surface area contributed by atoms with Crippen LogP contribution in [-0.4, -0.2) is 46.9 Å². The van der Waals surface area contributed by atoms with Gasteiger partial charge in [0.15, 0.2) is 0 Å². The number of hydrogen-bond acceptors (Lipinski definition) is 5. The van der Waals surface area contributed by atoms with Gasteiger partial charge in [-0.3, -0.25) is 9.10 Å². The predicted molar refractivity (Wildman–Crippen MR) is 83.3 cm³/mol. The van der Waals surface area contributed by atoms with Crippen molar-refractivity contribution in [1.29, 1.82) is 0 Å². The van der Waals surface area contributed by atoms with E-state index >= 15 is 0 Å². The van der Waals surface area contributed by atoms with E-state index in [1.807, 2.05) is 0 Å². The van der Waals surface area contributed by atoms with E-state index in [1.165, 1.54) is 14.0 Å². The minimum Gasteiger partial charge on any atom is -0.453 e. The van der Waals surface area contributed by atoms with Crippen LogP contribution in [0.5, 0.6) is 0 Å². The molecule has 2 amide bonds. The maximum atomic E-state index is 11.9. The number of hydrogen-bond donors (Lipinski definition) is 2. The number of sulfonamides is 1. The van der Waals surface area contributed by atoms with Crippen molar-refractivity contribution in [3.8, 4) is 0 Å². The van der Waals surface area contributed by atoms with Crippen molar-refractivity contribution in [2.75, 3.05) is 36.1 Å². The first-order chi connectivity index (χ1) is 10.2. The summed E-state index contributed by atoms with van der Waals surface area (Å²) in [6.45, 7) is 1.55. The zero-order valence-corrected chi connectivity index (χ0v) is 13.4. The maximum Gasteiger partial charge on any atom is 0.406 e. The largest absolute Gasteiger partial charge is 0.453 e. The lowest BCUT2D eigenvalue weighted by Crippen LogP contribution is -2.38. The van der Waals surface area contributed by atoms with E-state index in [-0.39, 0.29) is 19.0 Å². The molecule has 2 N–H and O–H groups in total. The number of rotatable bonds is 6. The van der Waals surface area contributed by atoms with Crippen LogP contribution in [0.25, 0.3) is 0 Å². The molecule has 0 fully saturated rings. The summed E-state index contributed by atoms with van der Waals surface area (Å²) in [5.74, 6) is -0.213. The van der Waals surface area contributed by atoms with Gasteiger partial charge in [0.05, 0.1) is 25.6 Å². The SMILES string of the molecule is COC(=O)NCCN(c1ccc(NC(C)=O)cc1)S(C)(=O)=O. The number of carbonyl (C=O) groups excluding carboxylic acids is 2. The fourth-order valence-corrected chi connectivity index (χ4v) is 2.66. The fourth-order valence-electron chi connectivity index (χ4n) is 1.73. The van der Waals surface area contributed by atoms with E-state index in [0.717, 1.165) is 10.6 Å². The van der Waals surface area contributed by atoms with Gasteiger partial charge in [-0.05, 0) is 24.3 Å².